The van der Waals surface area contributed by atoms with Gasteiger partial charge in [-0.05, 0) is 43.7 Å². The lowest BCUT2D eigenvalue weighted by Gasteiger charge is -2.09. The van der Waals surface area contributed by atoms with E-state index in [0.717, 1.165) is 28.2 Å². The van der Waals surface area contributed by atoms with Crippen molar-refractivity contribution in [2.45, 2.75) is 20.4 Å². The maximum absolute atomic E-state index is 6.18. The van der Waals surface area contributed by atoms with Crippen molar-refractivity contribution in [2.75, 3.05) is 5.32 Å². The van der Waals surface area contributed by atoms with Gasteiger partial charge in [-0.25, -0.2) is 0 Å². The van der Waals surface area contributed by atoms with Gasteiger partial charge in [0.25, 0.3) is 0 Å². The molecule has 1 aromatic carbocycles. The van der Waals surface area contributed by atoms with Gasteiger partial charge in [0.1, 0.15) is 0 Å². The normalized spacial score (nSPS) is 10.9. The van der Waals surface area contributed by atoms with Crippen LogP contribution < -0.4 is 5.32 Å². The van der Waals surface area contributed by atoms with E-state index in [1.54, 1.807) is 6.20 Å². The first-order valence-corrected chi connectivity index (χ1v) is 7.67. The molecule has 102 valence electrons. The minimum atomic E-state index is 0.728. The summed E-state index contributed by atoms with van der Waals surface area (Å²) in [5, 5.41) is 5.24. The van der Waals surface area contributed by atoms with Crippen LogP contribution in [0.2, 0.25) is 5.02 Å². The fraction of sp³-hybridized carbons (Fsp3) is 0.188. The highest BCUT2D eigenvalue weighted by Gasteiger charge is 2.06. The van der Waals surface area contributed by atoms with Gasteiger partial charge in [0.05, 0.1) is 11.2 Å². The summed E-state index contributed by atoms with van der Waals surface area (Å²) in [4.78, 5) is 7.14. The molecule has 0 aliphatic rings. The number of hydrogen-bond donors (Lipinski definition) is 1. The van der Waals surface area contributed by atoms with Crippen LogP contribution in [0.25, 0.3) is 10.9 Å². The molecule has 2 aromatic heterocycles. The quantitative estimate of drug-likeness (QED) is 0.721. The molecule has 1 N–H and O–H groups in total. The van der Waals surface area contributed by atoms with E-state index in [1.165, 1.54) is 15.3 Å². The molecule has 0 radical (unpaired) electrons. The van der Waals surface area contributed by atoms with Gasteiger partial charge in [-0.1, -0.05) is 17.7 Å². The average molecular weight is 303 g/mol. The number of hydrogen-bond acceptors (Lipinski definition) is 3. The van der Waals surface area contributed by atoms with Crippen LogP contribution in [0, 0.1) is 13.8 Å². The molecule has 3 rings (SSSR count). The van der Waals surface area contributed by atoms with Gasteiger partial charge in [-0.2, -0.15) is 0 Å². The summed E-state index contributed by atoms with van der Waals surface area (Å²) in [7, 11) is 0. The Morgan fingerprint density at radius 1 is 1.25 bits per heavy atom. The second-order valence-corrected chi connectivity index (χ2v) is 6.72. The molecule has 0 fully saturated rings. The zero-order valence-corrected chi connectivity index (χ0v) is 13.0. The molecule has 0 atom stereocenters. The van der Waals surface area contributed by atoms with Crippen molar-refractivity contribution >= 4 is 39.5 Å². The van der Waals surface area contributed by atoms with E-state index in [1.807, 2.05) is 35.6 Å². The van der Waals surface area contributed by atoms with Crippen molar-refractivity contribution in [2.24, 2.45) is 0 Å². The molecule has 0 spiro atoms. The number of rotatable bonds is 3. The summed E-state index contributed by atoms with van der Waals surface area (Å²) < 4.78 is 0. The van der Waals surface area contributed by atoms with E-state index >= 15 is 0 Å². The first-order valence-electron chi connectivity index (χ1n) is 6.47. The number of anilines is 1. The fourth-order valence-corrected chi connectivity index (χ4v) is 3.51. The molecule has 0 aliphatic carbocycles. The van der Waals surface area contributed by atoms with Crippen molar-refractivity contribution < 1.29 is 0 Å². The molecule has 2 heterocycles. The number of pyridine rings is 1. The van der Waals surface area contributed by atoms with Gasteiger partial charge in [-0.3, -0.25) is 4.98 Å². The smallest absolute Gasteiger partial charge is 0.0934 e. The van der Waals surface area contributed by atoms with Gasteiger partial charge in [-0.15, -0.1) is 11.3 Å². The Balaban J connectivity index is 1.92. The monoisotopic (exact) mass is 302 g/mol. The number of nitrogens with one attached hydrogen (secondary N) is 1. The van der Waals surface area contributed by atoms with E-state index in [9.17, 15) is 0 Å². The molecule has 4 heteroatoms. The number of fused-ring (bicyclic) bond motifs is 1. The zero-order chi connectivity index (χ0) is 14.1. The summed E-state index contributed by atoms with van der Waals surface area (Å²) in [5.41, 5.74) is 3.27. The van der Waals surface area contributed by atoms with Gasteiger partial charge in [0.15, 0.2) is 0 Å². The molecule has 0 bridgehead atoms. The maximum atomic E-state index is 6.18. The minimum Gasteiger partial charge on any atom is -0.379 e. The third kappa shape index (κ3) is 2.65. The van der Waals surface area contributed by atoms with Gasteiger partial charge >= 0.3 is 0 Å². The first kappa shape index (κ1) is 13.4. The topological polar surface area (TPSA) is 24.9 Å². The van der Waals surface area contributed by atoms with Crippen molar-refractivity contribution in [3.05, 3.63) is 56.9 Å². The van der Waals surface area contributed by atoms with Crippen LogP contribution in [0.5, 0.6) is 0 Å². The number of nitrogens with zero attached hydrogens (tertiary/aromatic N) is 1. The largest absolute Gasteiger partial charge is 0.379 e. The van der Waals surface area contributed by atoms with Crippen LogP contribution in [-0.4, -0.2) is 4.98 Å². The van der Waals surface area contributed by atoms with Crippen LogP contribution in [0.3, 0.4) is 0 Å². The minimum absolute atomic E-state index is 0.728. The highest BCUT2D eigenvalue weighted by molar-refractivity contribution is 7.12. The Morgan fingerprint density at radius 2 is 2.10 bits per heavy atom. The highest BCUT2D eigenvalue weighted by Crippen LogP contribution is 2.28. The molecule has 2 nitrogen and oxygen atoms in total. The van der Waals surface area contributed by atoms with E-state index < -0.39 is 0 Å². The lowest BCUT2D eigenvalue weighted by atomic mass is 10.2. The maximum Gasteiger partial charge on any atom is 0.0934 e. The predicted molar refractivity (Wildman–Crippen MR) is 87.9 cm³/mol. The Bertz CT molecular complexity index is 764. The lowest BCUT2D eigenvalue weighted by molar-refractivity contribution is 1.14. The average Bonchev–Trinajstić information content (AvgIpc) is 2.74. The second-order valence-electron chi connectivity index (χ2n) is 4.82. The van der Waals surface area contributed by atoms with Crippen LogP contribution >= 0.6 is 22.9 Å². The van der Waals surface area contributed by atoms with E-state index in [4.69, 9.17) is 11.6 Å². The highest BCUT2D eigenvalue weighted by atomic mass is 35.5. The SMILES string of the molecule is Cc1cc(CNc2cc(Cl)cc3cccnc23)c(C)s1. The number of aromatic nitrogens is 1. The second kappa shape index (κ2) is 5.43. The lowest BCUT2D eigenvalue weighted by Crippen LogP contribution is -2.00. The van der Waals surface area contributed by atoms with Gasteiger partial charge < -0.3 is 5.32 Å². The van der Waals surface area contributed by atoms with Crippen molar-refractivity contribution in [1.29, 1.82) is 0 Å². The van der Waals surface area contributed by atoms with Crippen molar-refractivity contribution in [3.8, 4) is 0 Å². The van der Waals surface area contributed by atoms with Gasteiger partial charge in [0, 0.05) is 32.9 Å². The third-order valence-corrected chi connectivity index (χ3v) is 4.51. The Morgan fingerprint density at radius 3 is 2.85 bits per heavy atom. The molecule has 20 heavy (non-hydrogen) atoms. The molecule has 0 aliphatic heterocycles. The summed E-state index contributed by atoms with van der Waals surface area (Å²) in [6.45, 7) is 5.09. The van der Waals surface area contributed by atoms with Crippen LogP contribution in [0.15, 0.2) is 36.5 Å². The van der Waals surface area contributed by atoms with Crippen molar-refractivity contribution in [3.63, 3.8) is 0 Å². The standard InChI is InChI=1S/C16H15ClN2S/c1-10-6-13(11(2)20-10)9-19-15-8-14(17)7-12-4-3-5-18-16(12)15/h3-8,19H,9H2,1-2H3. The predicted octanol–water partition coefficient (Wildman–Crippen LogP) is 5.18. The molecule has 3 aromatic rings. The Labute approximate surface area is 127 Å². The first-order chi connectivity index (χ1) is 9.63. The van der Waals surface area contributed by atoms with E-state index in [2.05, 4.69) is 30.2 Å². The van der Waals surface area contributed by atoms with Crippen LogP contribution in [0.4, 0.5) is 5.69 Å². The summed E-state index contributed by atoms with van der Waals surface area (Å²) in [6.07, 6.45) is 1.81. The molecule has 0 unspecified atom stereocenters. The third-order valence-electron chi connectivity index (χ3n) is 3.28. The van der Waals surface area contributed by atoms with Crippen LogP contribution in [-0.2, 0) is 6.54 Å². The molecular weight excluding hydrogens is 288 g/mol. The summed E-state index contributed by atoms with van der Waals surface area (Å²) in [5.74, 6) is 0. The number of thiophene rings is 1. The van der Waals surface area contributed by atoms with E-state index in [0.29, 0.717) is 0 Å². The Kier molecular flexibility index (Phi) is 3.64. The fourth-order valence-electron chi connectivity index (χ4n) is 2.34. The molecular formula is C16H15ClN2S. The van der Waals surface area contributed by atoms with Crippen molar-refractivity contribution in [1.82, 2.24) is 4.98 Å². The molecule has 0 amide bonds. The summed E-state index contributed by atoms with van der Waals surface area (Å²) >= 11 is 8.00. The summed E-state index contributed by atoms with van der Waals surface area (Å²) in [6, 6.07) is 10.1. The van der Waals surface area contributed by atoms with Gasteiger partial charge in [0.2, 0.25) is 0 Å². The van der Waals surface area contributed by atoms with Crippen LogP contribution in [0.1, 0.15) is 15.3 Å². The number of aryl methyl sites for hydroxylation is 2. The molecule has 0 saturated carbocycles. The number of benzene rings is 1. The van der Waals surface area contributed by atoms with E-state index in [-0.39, 0.29) is 0 Å². The Hall–Kier alpha value is -1.58. The zero-order valence-electron chi connectivity index (χ0n) is 11.4. The molecule has 0 saturated heterocycles. The number of halogens is 1.